The Hall–Kier alpha value is -0.430. The Morgan fingerprint density at radius 2 is 1.80 bits per heavy atom. The van der Waals surface area contributed by atoms with E-state index in [4.69, 9.17) is 10.2 Å². The van der Waals surface area contributed by atoms with Crippen LogP contribution in [0.1, 0.15) is 0 Å². The molecule has 0 saturated carbocycles. The molecule has 0 bridgehead atoms. The van der Waals surface area contributed by atoms with Gasteiger partial charge in [0.1, 0.15) is 0 Å². The Morgan fingerprint density at radius 1 is 1.27 bits per heavy atom. The van der Waals surface area contributed by atoms with E-state index in [9.17, 15) is 8.42 Å². The summed E-state index contributed by atoms with van der Waals surface area (Å²) in [5, 5.41) is 17.6. The third-order valence-corrected chi connectivity index (χ3v) is 4.14. The quantitative estimate of drug-likeness (QED) is 0.852. The van der Waals surface area contributed by atoms with Crippen molar-refractivity contribution in [2.75, 3.05) is 12.4 Å². The first-order valence-corrected chi connectivity index (χ1v) is 6.67. The minimum atomic E-state index is -3.52. The smallest absolute Gasteiger partial charge is 0.181 e. The predicted octanol–water partition coefficient (Wildman–Crippen LogP) is 0.576. The van der Waals surface area contributed by atoms with E-state index in [-0.39, 0.29) is 4.90 Å². The molecule has 0 radical (unpaired) electrons. The summed E-state index contributed by atoms with van der Waals surface area (Å²) in [7, 11) is -3.52. The number of benzene rings is 1. The molecular formula is C9H11BrO4S. The molecule has 4 nitrogen and oxygen atoms in total. The number of sulfone groups is 1. The van der Waals surface area contributed by atoms with E-state index in [1.165, 1.54) is 12.1 Å². The third-order valence-electron chi connectivity index (χ3n) is 1.80. The van der Waals surface area contributed by atoms with Crippen LogP contribution in [0, 0.1) is 0 Å². The molecule has 1 aromatic carbocycles. The normalized spacial score (nSPS) is 13.8. The summed E-state index contributed by atoms with van der Waals surface area (Å²) in [6.07, 6.45) is -1.24. The second kappa shape index (κ2) is 5.07. The maximum atomic E-state index is 11.6. The molecule has 1 atom stereocenters. The average molecular weight is 295 g/mol. The van der Waals surface area contributed by atoms with Gasteiger partial charge in [0.15, 0.2) is 9.84 Å². The summed E-state index contributed by atoms with van der Waals surface area (Å²) in [6, 6.07) is 6.11. The van der Waals surface area contributed by atoms with Crippen LogP contribution in [-0.4, -0.2) is 37.1 Å². The Labute approximate surface area is 96.6 Å². The van der Waals surface area contributed by atoms with E-state index < -0.39 is 28.3 Å². The van der Waals surface area contributed by atoms with Gasteiger partial charge < -0.3 is 10.2 Å². The number of aliphatic hydroxyl groups excluding tert-OH is 2. The summed E-state index contributed by atoms with van der Waals surface area (Å²) in [6.45, 7) is -0.560. The summed E-state index contributed by atoms with van der Waals surface area (Å²) in [4.78, 5) is 0.137. The average Bonchev–Trinajstić information content (AvgIpc) is 2.17. The molecule has 0 aliphatic rings. The van der Waals surface area contributed by atoms with E-state index >= 15 is 0 Å². The van der Waals surface area contributed by atoms with Crippen LogP contribution >= 0.6 is 15.9 Å². The van der Waals surface area contributed by atoms with Gasteiger partial charge in [0, 0.05) is 4.47 Å². The van der Waals surface area contributed by atoms with Gasteiger partial charge in [-0.15, -0.1) is 0 Å². The van der Waals surface area contributed by atoms with Gasteiger partial charge in [-0.25, -0.2) is 8.42 Å². The van der Waals surface area contributed by atoms with Crippen molar-refractivity contribution in [2.24, 2.45) is 0 Å². The first kappa shape index (κ1) is 12.6. The number of hydrogen-bond donors (Lipinski definition) is 2. The lowest BCUT2D eigenvalue weighted by atomic mass is 10.4. The van der Waals surface area contributed by atoms with Crippen molar-refractivity contribution >= 4 is 25.8 Å². The Balaban J connectivity index is 2.91. The first-order valence-electron chi connectivity index (χ1n) is 4.23. The molecule has 0 aliphatic carbocycles. The molecule has 0 saturated heterocycles. The van der Waals surface area contributed by atoms with Crippen LogP contribution in [0.2, 0.25) is 0 Å². The Kier molecular flexibility index (Phi) is 4.27. The molecule has 0 unspecified atom stereocenters. The van der Waals surface area contributed by atoms with E-state index in [0.717, 1.165) is 4.47 Å². The lowest BCUT2D eigenvalue weighted by Gasteiger charge is -2.08. The highest BCUT2D eigenvalue weighted by Crippen LogP contribution is 2.16. The molecule has 1 rings (SSSR count). The Morgan fingerprint density at radius 3 is 2.27 bits per heavy atom. The fourth-order valence-corrected chi connectivity index (χ4v) is 2.66. The molecule has 0 amide bonds. The van der Waals surface area contributed by atoms with E-state index in [0.29, 0.717) is 0 Å². The molecular weight excluding hydrogens is 284 g/mol. The van der Waals surface area contributed by atoms with Crippen molar-refractivity contribution in [3.05, 3.63) is 28.7 Å². The minimum Gasteiger partial charge on any atom is -0.394 e. The molecule has 6 heteroatoms. The molecule has 0 spiro atoms. The summed E-state index contributed by atoms with van der Waals surface area (Å²) in [5.41, 5.74) is 0. The zero-order chi connectivity index (χ0) is 11.5. The maximum Gasteiger partial charge on any atom is 0.181 e. The van der Waals surface area contributed by atoms with Crippen molar-refractivity contribution in [3.8, 4) is 0 Å². The lowest BCUT2D eigenvalue weighted by molar-refractivity contribution is 0.112. The number of aliphatic hydroxyl groups is 2. The van der Waals surface area contributed by atoms with Crippen LogP contribution in [0.3, 0.4) is 0 Å². The summed E-state index contributed by atoms with van der Waals surface area (Å²) in [5.74, 6) is -0.467. The summed E-state index contributed by atoms with van der Waals surface area (Å²) < 4.78 is 24.0. The number of halogens is 1. The van der Waals surface area contributed by atoms with Crippen LogP contribution in [0.4, 0.5) is 0 Å². The highest BCUT2D eigenvalue weighted by atomic mass is 79.9. The van der Waals surface area contributed by atoms with Crippen molar-refractivity contribution in [3.63, 3.8) is 0 Å². The largest absolute Gasteiger partial charge is 0.394 e. The fourth-order valence-electron chi connectivity index (χ4n) is 1.04. The maximum absolute atomic E-state index is 11.6. The van der Waals surface area contributed by atoms with E-state index in [2.05, 4.69) is 15.9 Å². The zero-order valence-electron chi connectivity index (χ0n) is 7.80. The third kappa shape index (κ3) is 3.57. The van der Waals surface area contributed by atoms with Crippen LogP contribution < -0.4 is 0 Å². The van der Waals surface area contributed by atoms with Gasteiger partial charge in [0.05, 0.1) is 23.4 Å². The van der Waals surface area contributed by atoms with Crippen LogP contribution in [0.15, 0.2) is 33.6 Å². The van der Waals surface area contributed by atoms with Gasteiger partial charge in [0.2, 0.25) is 0 Å². The molecule has 2 N–H and O–H groups in total. The highest BCUT2D eigenvalue weighted by Gasteiger charge is 2.18. The zero-order valence-corrected chi connectivity index (χ0v) is 10.2. The molecule has 15 heavy (non-hydrogen) atoms. The molecule has 0 aliphatic heterocycles. The molecule has 0 aromatic heterocycles. The van der Waals surface area contributed by atoms with E-state index in [1.807, 2.05) is 0 Å². The summed E-state index contributed by atoms with van der Waals surface area (Å²) >= 11 is 3.19. The molecule has 0 heterocycles. The van der Waals surface area contributed by atoms with Crippen molar-refractivity contribution < 1.29 is 18.6 Å². The highest BCUT2D eigenvalue weighted by molar-refractivity contribution is 9.10. The topological polar surface area (TPSA) is 74.6 Å². The van der Waals surface area contributed by atoms with Gasteiger partial charge >= 0.3 is 0 Å². The van der Waals surface area contributed by atoms with Gasteiger partial charge in [-0.2, -0.15) is 0 Å². The second-order valence-corrected chi connectivity index (χ2v) is 6.02. The van der Waals surface area contributed by atoms with Crippen LogP contribution in [0.5, 0.6) is 0 Å². The molecule has 0 fully saturated rings. The predicted molar refractivity (Wildman–Crippen MR) is 59.3 cm³/mol. The van der Waals surface area contributed by atoms with Crippen molar-refractivity contribution in [1.29, 1.82) is 0 Å². The molecule has 1 aromatic rings. The van der Waals surface area contributed by atoms with Gasteiger partial charge in [0.25, 0.3) is 0 Å². The van der Waals surface area contributed by atoms with Crippen LogP contribution in [-0.2, 0) is 9.84 Å². The van der Waals surface area contributed by atoms with Gasteiger partial charge in [-0.3, -0.25) is 0 Å². The van der Waals surface area contributed by atoms with Crippen molar-refractivity contribution in [1.82, 2.24) is 0 Å². The first-order chi connectivity index (χ1) is 6.95. The second-order valence-electron chi connectivity index (χ2n) is 3.07. The SMILES string of the molecule is O=S(=O)(C[C@@H](O)CO)c1ccc(Br)cc1. The monoisotopic (exact) mass is 294 g/mol. The number of hydrogen-bond acceptors (Lipinski definition) is 4. The fraction of sp³-hybridized carbons (Fsp3) is 0.333. The Bertz CT molecular complexity index is 412. The minimum absolute atomic E-state index is 0.137. The standard InChI is InChI=1S/C9H11BrO4S/c10-7-1-3-9(4-2-7)15(13,14)6-8(12)5-11/h1-4,8,11-12H,5-6H2/t8-/m0/s1. The van der Waals surface area contributed by atoms with Gasteiger partial charge in [-0.05, 0) is 24.3 Å². The van der Waals surface area contributed by atoms with Gasteiger partial charge in [-0.1, -0.05) is 15.9 Å². The van der Waals surface area contributed by atoms with Crippen LogP contribution in [0.25, 0.3) is 0 Å². The lowest BCUT2D eigenvalue weighted by Crippen LogP contribution is -2.24. The number of rotatable bonds is 4. The van der Waals surface area contributed by atoms with Crippen molar-refractivity contribution in [2.45, 2.75) is 11.0 Å². The van der Waals surface area contributed by atoms with E-state index in [1.54, 1.807) is 12.1 Å². The molecule has 84 valence electrons.